The normalized spacial score (nSPS) is 13.8. The number of furan rings is 1. The zero-order chi connectivity index (χ0) is 21.8. The van der Waals surface area contributed by atoms with Crippen LogP contribution in [0.1, 0.15) is 16.3 Å². The van der Waals surface area contributed by atoms with Crippen molar-refractivity contribution in [1.29, 1.82) is 0 Å². The van der Waals surface area contributed by atoms with Gasteiger partial charge in [-0.1, -0.05) is 30.3 Å². The fraction of sp³-hybridized carbons (Fsp3) is 0.200. The molecule has 1 aliphatic heterocycles. The van der Waals surface area contributed by atoms with E-state index in [2.05, 4.69) is 21.3 Å². The lowest BCUT2D eigenvalue weighted by Gasteiger charge is -2.29. The number of hydrogen-bond donors (Lipinski definition) is 1. The molecule has 2 aromatic heterocycles. The number of carbonyl (C=O) groups is 1. The Morgan fingerprint density at radius 2 is 1.84 bits per heavy atom. The van der Waals surface area contributed by atoms with Gasteiger partial charge in [0.15, 0.2) is 11.6 Å². The number of fused-ring (bicyclic) bond motifs is 1. The van der Waals surface area contributed by atoms with Crippen molar-refractivity contribution in [3.05, 3.63) is 84.4 Å². The maximum Gasteiger partial charge on any atom is 0.291 e. The number of pyridine rings is 1. The lowest BCUT2D eigenvalue weighted by Crippen LogP contribution is -2.37. The van der Waals surface area contributed by atoms with Crippen molar-refractivity contribution in [2.75, 3.05) is 36.5 Å². The molecular formula is C25H23N3O4. The number of anilines is 2. The zero-order valence-corrected chi connectivity index (χ0v) is 17.5. The summed E-state index contributed by atoms with van der Waals surface area (Å²) in [6.45, 7) is 2.98. The Balaban J connectivity index is 1.24. The summed E-state index contributed by atoms with van der Waals surface area (Å²) in [5, 5.41) is 5.18. The second-order valence-electron chi connectivity index (χ2n) is 7.49. The Labute approximate surface area is 185 Å². The zero-order valence-electron chi connectivity index (χ0n) is 17.5. The van der Waals surface area contributed by atoms with E-state index >= 15 is 0 Å². The smallest absolute Gasteiger partial charge is 0.291 e. The summed E-state index contributed by atoms with van der Waals surface area (Å²) in [5.41, 5.74) is 0.643. The number of amides is 1. The molecule has 1 amide bonds. The van der Waals surface area contributed by atoms with Crippen LogP contribution >= 0.6 is 0 Å². The van der Waals surface area contributed by atoms with Crippen LogP contribution in [0, 0.1) is 0 Å². The van der Waals surface area contributed by atoms with Crippen molar-refractivity contribution >= 4 is 28.2 Å². The monoisotopic (exact) mass is 429 g/mol. The molecule has 1 aliphatic rings. The second-order valence-corrected chi connectivity index (χ2v) is 7.49. The van der Waals surface area contributed by atoms with Gasteiger partial charge in [-0.2, -0.15) is 0 Å². The van der Waals surface area contributed by atoms with Gasteiger partial charge in [-0.05, 0) is 47.2 Å². The molecule has 0 radical (unpaired) electrons. The van der Waals surface area contributed by atoms with Crippen molar-refractivity contribution in [2.45, 2.75) is 6.61 Å². The van der Waals surface area contributed by atoms with Crippen LogP contribution in [0.4, 0.5) is 11.5 Å². The van der Waals surface area contributed by atoms with Crippen LogP contribution in [-0.2, 0) is 11.3 Å². The summed E-state index contributed by atoms with van der Waals surface area (Å²) >= 11 is 0. The first kappa shape index (κ1) is 20.1. The van der Waals surface area contributed by atoms with Crippen molar-refractivity contribution in [3.63, 3.8) is 0 Å². The lowest BCUT2D eigenvalue weighted by molar-refractivity contribution is 0.0992. The van der Waals surface area contributed by atoms with Crippen LogP contribution in [-0.4, -0.2) is 37.2 Å². The predicted octanol–water partition coefficient (Wildman–Crippen LogP) is 4.50. The summed E-state index contributed by atoms with van der Waals surface area (Å²) < 4.78 is 17.0. The molecule has 2 aromatic carbocycles. The van der Waals surface area contributed by atoms with Gasteiger partial charge >= 0.3 is 0 Å². The Morgan fingerprint density at radius 3 is 2.72 bits per heavy atom. The van der Waals surface area contributed by atoms with Crippen LogP contribution in [0.25, 0.3) is 10.8 Å². The Morgan fingerprint density at radius 1 is 1.00 bits per heavy atom. The molecule has 162 valence electrons. The summed E-state index contributed by atoms with van der Waals surface area (Å²) in [6.07, 6.45) is 1.72. The van der Waals surface area contributed by atoms with E-state index in [1.54, 1.807) is 24.4 Å². The van der Waals surface area contributed by atoms with Crippen LogP contribution in [0.15, 0.2) is 77.3 Å². The van der Waals surface area contributed by atoms with E-state index in [1.807, 2.05) is 42.5 Å². The van der Waals surface area contributed by atoms with Gasteiger partial charge in [0.2, 0.25) is 0 Å². The molecule has 1 N–H and O–H groups in total. The fourth-order valence-electron chi connectivity index (χ4n) is 3.69. The Hall–Kier alpha value is -3.84. The molecule has 1 fully saturated rings. The van der Waals surface area contributed by atoms with Crippen LogP contribution in [0.2, 0.25) is 0 Å². The van der Waals surface area contributed by atoms with Gasteiger partial charge in [-0.3, -0.25) is 4.79 Å². The predicted molar refractivity (Wildman–Crippen MR) is 122 cm³/mol. The average molecular weight is 429 g/mol. The largest absolute Gasteiger partial charge is 0.486 e. The minimum atomic E-state index is -0.329. The number of nitrogens with one attached hydrogen (secondary N) is 1. The molecule has 0 unspecified atom stereocenters. The SMILES string of the molecule is O=C(Nc1cccnc1N1CCOCC1)c1ccc(COc2ccc3ccccc3c2)o1. The Kier molecular flexibility index (Phi) is 5.72. The molecule has 4 aromatic rings. The van der Waals surface area contributed by atoms with Crippen LogP contribution < -0.4 is 15.0 Å². The molecule has 0 aliphatic carbocycles. The standard InChI is InChI=1S/C25H23N3O4/c29-25(27-22-6-3-11-26-24(22)28-12-14-30-15-13-28)23-10-9-21(32-23)17-31-20-8-7-18-4-1-2-5-19(18)16-20/h1-11,16H,12-15,17H2,(H,27,29). The van der Waals surface area contributed by atoms with E-state index in [-0.39, 0.29) is 18.3 Å². The van der Waals surface area contributed by atoms with Crippen LogP contribution in [0.3, 0.4) is 0 Å². The first-order chi connectivity index (χ1) is 15.8. The number of morpholine rings is 1. The molecule has 1 saturated heterocycles. The summed E-state index contributed by atoms with van der Waals surface area (Å²) in [5.74, 6) is 1.94. The van der Waals surface area contributed by atoms with E-state index in [0.29, 0.717) is 24.7 Å². The van der Waals surface area contributed by atoms with Crippen molar-refractivity contribution in [2.24, 2.45) is 0 Å². The minimum Gasteiger partial charge on any atom is -0.486 e. The highest BCUT2D eigenvalue weighted by Gasteiger charge is 2.19. The van der Waals surface area contributed by atoms with Gasteiger partial charge in [0, 0.05) is 19.3 Å². The summed E-state index contributed by atoms with van der Waals surface area (Å²) in [4.78, 5) is 19.3. The lowest BCUT2D eigenvalue weighted by atomic mass is 10.1. The molecule has 0 spiro atoms. The maximum absolute atomic E-state index is 12.8. The number of benzene rings is 2. The fourth-order valence-corrected chi connectivity index (χ4v) is 3.69. The third-order valence-corrected chi connectivity index (χ3v) is 5.33. The van der Waals surface area contributed by atoms with Crippen molar-refractivity contribution < 1.29 is 18.7 Å². The molecule has 0 saturated carbocycles. The van der Waals surface area contributed by atoms with Gasteiger partial charge in [-0.25, -0.2) is 4.98 Å². The molecule has 0 bridgehead atoms. The summed E-state index contributed by atoms with van der Waals surface area (Å²) in [6, 6.07) is 21.1. The molecule has 7 heteroatoms. The van der Waals surface area contributed by atoms with E-state index in [9.17, 15) is 4.79 Å². The maximum atomic E-state index is 12.8. The third kappa shape index (κ3) is 4.43. The van der Waals surface area contributed by atoms with Crippen LogP contribution in [0.5, 0.6) is 5.75 Å². The number of carbonyl (C=O) groups excluding carboxylic acids is 1. The molecule has 7 nitrogen and oxygen atoms in total. The molecular weight excluding hydrogens is 406 g/mol. The first-order valence-corrected chi connectivity index (χ1v) is 10.6. The van der Waals surface area contributed by atoms with Gasteiger partial charge in [0.1, 0.15) is 18.1 Å². The highest BCUT2D eigenvalue weighted by molar-refractivity contribution is 6.03. The molecule has 0 atom stereocenters. The van der Waals surface area contributed by atoms with Gasteiger partial charge in [-0.15, -0.1) is 0 Å². The quantitative estimate of drug-likeness (QED) is 0.487. The topological polar surface area (TPSA) is 76.8 Å². The summed E-state index contributed by atoms with van der Waals surface area (Å²) in [7, 11) is 0. The van der Waals surface area contributed by atoms with Gasteiger partial charge in [0.05, 0.1) is 18.9 Å². The number of ether oxygens (including phenoxy) is 2. The molecule has 3 heterocycles. The highest BCUT2D eigenvalue weighted by Crippen LogP contribution is 2.25. The Bertz CT molecular complexity index is 1230. The third-order valence-electron chi connectivity index (χ3n) is 5.33. The number of hydrogen-bond acceptors (Lipinski definition) is 6. The van der Waals surface area contributed by atoms with Gasteiger partial charge in [0.25, 0.3) is 5.91 Å². The van der Waals surface area contributed by atoms with Gasteiger partial charge < -0.3 is 24.1 Å². The number of aromatic nitrogens is 1. The van der Waals surface area contributed by atoms with E-state index in [4.69, 9.17) is 13.9 Å². The molecule has 5 rings (SSSR count). The van der Waals surface area contributed by atoms with E-state index in [0.717, 1.165) is 35.4 Å². The first-order valence-electron chi connectivity index (χ1n) is 10.6. The molecule has 32 heavy (non-hydrogen) atoms. The van der Waals surface area contributed by atoms with Crippen molar-refractivity contribution in [3.8, 4) is 5.75 Å². The van der Waals surface area contributed by atoms with E-state index < -0.39 is 0 Å². The highest BCUT2D eigenvalue weighted by atomic mass is 16.5. The van der Waals surface area contributed by atoms with E-state index in [1.165, 1.54) is 0 Å². The number of nitrogens with zero attached hydrogens (tertiary/aromatic N) is 2. The van der Waals surface area contributed by atoms with Crippen molar-refractivity contribution in [1.82, 2.24) is 4.98 Å². The second kappa shape index (κ2) is 9.11. The minimum absolute atomic E-state index is 0.221. The number of rotatable bonds is 6. The average Bonchev–Trinajstić information content (AvgIpc) is 3.33.